The Morgan fingerprint density at radius 1 is 1.00 bits per heavy atom. The summed E-state index contributed by atoms with van der Waals surface area (Å²) in [5.74, 6) is -0.878. The second kappa shape index (κ2) is 5.76. The molecule has 0 spiro atoms. The molecule has 0 radical (unpaired) electrons. The van der Waals surface area contributed by atoms with Gasteiger partial charge in [0.15, 0.2) is 0 Å². The van der Waals surface area contributed by atoms with Gasteiger partial charge in [0.05, 0.1) is 5.56 Å². The number of aromatic hydroxyl groups is 1. The van der Waals surface area contributed by atoms with Crippen molar-refractivity contribution in [1.82, 2.24) is 4.98 Å². The number of phenols is 1. The van der Waals surface area contributed by atoms with Crippen LogP contribution in [0.1, 0.15) is 20.8 Å². The third-order valence-electron chi connectivity index (χ3n) is 3.43. The molecule has 114 valence electrons. The lowest BCUT2D eigenvalue weighted by molar-refractivity contribution is 0.0990. The van der Waals surface area contributed by atoms with Gasteiger partial charge in [-0.1, -0.05) is 24.3 Å². The van der Waals surface area contributed by atoms with E-state index in [4.69, 9.17) is 5.73 Å². The van der Waals surface area contributed by atoms with Gasteiger partial charge < -0.3 is 16.2 Å². The van der Waals surface area contributed by atoms with Gasteiger partial charge in [-0.15, -0.1) is 0 Å². The molecule has 0 aliphatic carbocycles. The maximum absolute atomic E-state index is 12.3. The number of primary amides is 1. The molecule has 0 unspecified atom stereocenters. The van der Waals surface area contributed by atoms with Crippen molar-refractivity contribution in [3.8, 4) is 5.75 Å². The van der Waals surface area contributed by atoms with E-state index in [0.717, 1.165) is 5.39 Å². The summed E-state index contributed by atoms with van der Waals surface area (Å²) in [7, 11) is 0. The van der Waals surface area contributed by atoms with Crippen LogP contribution in [0, 0.1) is 0 Å². The second-order valence-electron chi connectivity index (χ2n) is 4.93. The van der Waals surface area contributed by atoms with Gasteiger partial charge in [-0.3, -0.25) is 14.6 Å². The number of aromatic nitrogens is 1. The summed E-state index contributed by atoms with van der Waals surface area (Å²) in [6, 6.07) is 13.2. The highest BCUT2D eigenvalue weighted by molar-refractivity contribution is 6.10. The molecule has 3 aromatic rings. The molecule has 1 aromatic heterocycles. The number of anilines is 1. The third-order valence-corrected chi connectivity index (χ3v) is 3.43. The van der Waals surface area contributed by atoms with Gasteiger partial charge in [-0.25, -0.2) is 0 Å². The molecule has 0 aliphatic rings. The Labute approximate surface area is 131 Å². The van der Waals surface area contributed by atoms with E-state index in [9.17, 15) is 14.7 Å². The molecule has 0 bridgehead atoms. The summed E-state index contributed by atoms with van der Waals surface area (Å²) in [6.07, 6.45) is 1.29. The Bertz CT molecular complexity index is 905. The Morgan fingerprint density at radius 2 is 1.74 bits per heavy atom. The van der Waals surface area contributed by atoms with Crippen molar-refractivity contribution in [2.24, 2.45) is 5.73 Å². The average molecular weight is 307 g/mol. The molecule has 0 atom stereocenters. The SMILES string of the molecule is NC(=O)c1ccc(C(=O)Nc2ccc(O)c3ccccc23)cn1. The van der Waals surface area contributed by atoms with Gasteiger partial charge in [-0.05, 0) is 24.3 Å². The molecule has 1 heterocycles. The predicted octanol–water partition coefficient (Wildman–Crippen LogP) is 2.29. The zero-order chi connectivity index (χ0) is 16.4. The number of carbonyl (C=O) groups excluding carboxylic acids is 2. The minimum atomic E-state index is -0.651. The average Bonchev–Trinajstić information content (AvgIpc) is 2.57. The number of rotatable bonds is 3. The van der Waals surface area contributed by atoms with Crippen LogP contribution in [0.15, 0.2) is 54.7 Å². The highest BCUT2D eigenvalue weighted by Crippen LogP contribution is 2.30. The van der Waals surface area contributed by atoms with E-state index in [-0.39, 0.29) is 17.4 Å². The number of fused-ring (bicyclic) bond motifs is 1. The molecular formula is C17H13N3O3. The smallest absolute Gasteiger partial charge is 0.267 e. The molecule has 23 heavy (non-hydrogen) atoms. The summed E-state index contributed by atoms with van der Waals surface area (Å²) in [5, 5.41) is 14.0. The van der Waals surface area contributed by atoms with Crippen LogP contribution >= 0.6 is 0 Å². The van der Waals surface area contributed by atoms with Gasteiger partial charge in [0.25, 0.3) is 11.8 Å². The Hall–Kier alpha value is -3.41. The molecule has 0 fully saturated rings. The lowest BCUT2D eigenvalue weighted by Crippen LogP contribution is -2.16. The van der Waals surface area contributed by atoms with Gasteiger partial charge >= 0.3 is 0 Å². The molecule has 0 aliphatic heterocycles. The van der Waals surface area contributed by atoms with Crippen molar-refractivity contribution >= 4 is 28.3 Å². The molecule has 4 N–H and O–H groups in total. The van der Waals surface area contributed by atoms with E-state index < -0.39 is 5.91 Å². The first kappa shape index (κ1) is 14.5. The number of nitrogens with one attached hydrogen (secondary N) is 1. The fraction of sp³-hybridized carbons (Fsp3) is 0. The fourth-order valence-corrected chi connectivity index (χ4v) is 2.26. The van der Waals surface area contributed by atoms with Crippen LogP contribution in [-0.2, 0) is 0 Å². The number of nitrogens with two attached hydrogens (primary N) is 1. The van der Waals surface area contributed by atoms with E-state index in [1.54, 1.807) is 24.3 Å². The largest absolute Gasteiger partial charge is 0.507 e. The second-order valence-corrected chi connectivity index (χ2v) is 4.93. The van der Waals surface area contributed by atoms with Crippen molar-refractivity contribution in [2.45, 2.75) is 0 Å². The van der Waals surface area contributed by atoms with Crippen LogP contribution in [0.25, 0.3) is 10.8 Å². The van der Waals surface area contributed by atoms with E-state index in [0.29, 0.717) is 16.6 Å². The molecule has 6 heteroatoms. The molecule has 0 saturated carbocycles. The van der Waals surface area contributed by atoms with Crippen molar-refractivity contribution in [3.05, 3.63) is 66.0 Å². The van der Waals surface area contributed by atoms with Gasteiger partial charge in [0, 0.05) is 22.7 Å². The minimum Gasteiger partial charge on any atom is -0.507 e. The Morgan fingerprint density at radius 3 is 2.39 bits per heavy atom. The number of amides is 2. The monoisotopic (exact) mass is 307 g/mol. The lowest BCUT2D eigenvalue weighted by Gasteiger charge is -2.10. The number of hydrogen-bond donors (Lipinski definition) is 3. The molecular weight excluding hydrogens is 294 g/mol. The van der Waals surface area contributed by atoms with Crippen LogP contribution < -0.4 is 11.1 Å². The van der Waals surface area contributed by atoms with Gasteiger partial charge in [0.2, 0.25) is 0 Å². The van der Waals surface area contributed by atoms with Crippen molar-refractivity contribution in [1.29, 1.82) is 0 Å². The first-order chi connectivity index (χ1) is 11.1. The molecule has 3 rings (SSSR count). The summed E-state index contributed by atoms with van der Waals surface area (Å²) in [5.41, 5.74) is 6.08. The number of benzene rings is 2. The highest BCUT2D eigenvalue weighted by atomic mass is 16.3. The molecule has 2 amide bonds. The highest BCUT2D eigenvalue weighted by Gasteiger charge is 2.11. The van der Waals surface area contributed by atoms with Crippen LogP contribution in [0.2, 0.25) is 0 Å². The predicted molar refractivity (Wildman–Crippen MR) is 86.3 cm³/mol. The number of phenolic OH excluding ortho intramolecular Hbond substituents is 1. The number of carbonyl (C=O) groups is 2. The first-order valence-corrected chi connectivity index (χ1v) is 6.84. The van der Waals surface area contributed by atoms with Crippen molar-refractivity contribution in [2.75, 3.05) is 5.32 Å². The zero-order valence-electron chi connectivity index (χ0n) is 12.0. The number of hydrogen-bond acceptors (Lipinski definition) is 4. The van der Waals surface area contributed by atoms with Crippen LogP contribution in [0.4, 0.5) is 5.69 Å². The Balaban J connectivity index is 1.91. The van der Waals surface area contributed by atoms with Crippen LogP contribution in [0.3, 0.4) is 0 Å². The minimum absolute atomic E-state index is 0.0941. The summed E-state index contributed by atoms with van der Waals surface area (Å²) in [4.78, 5) is 27.1. The van der Waals surface area contributed by atoms with Crippen molar-refractivity contribution in [3.63, 3.8) is 0 Å². The Kier molecular flexibility index (Phi) is 3.64. The van der Waals surface area contributed by atoms with E-state index in [2.05, 4.69) is 10.3 Å². The molecule has 0 saturated heterocycles. The van der Waals surface area contributed by atoms with Gasteiger partial charge in [-0.2, -0.15) is 0 Å². The van der Waals surface area contributed by atoms with Crippen LogP contribution in [0.5, 0.6) is 5.75 Å². The molecule has 6 nitrogen and oxygen atoms in total. The number of nitrogens with zero attached hydrogens (tertiary/aromatic N) is 1. The topological polar surface area (TPSA) is 105 Å². The van der Waals surface area contributed by atoms with E-state index >= 15 is 0 Å². The normalized spacial score (nSPS) is 10.4. The lowest BCUT2D eigenvalue weighted by atomic mass is 10.1. The van der Waals surface area contributed by atoms with E-state index in [1.165, 1.54) is 24.4 Å². The van der Waals surface area contributed by atoms with Gasteiger partial charge in [0.1, 0.15) is 11.4 Å². The maximum atomic E-state index is 12.3. The first-order valence-electron chi connectivity index (χ1n) is 6.84. The molecule has 2 aromatic carbocycles. The summed E-state index contributed by atoms with van der Waals surface area (Å²) < 4.78 is 0. The van der Waals surface area contributed by atoms with Crippen molar-refractivity contribution < 1.29 is 14.7 Å². The maximum Gasteiger partial charge on any atom is 0.267 e. The number of pyridine rings is 1. The summed E-state index contributed by atoms with van der Waals surface area (Å²) >= 11 is 0. The third kappa shape index (κ3) is 2.82. The van der Waals surface area contributed by atoms with Crippen LogP contribution in [-0.4, -0.2) is 21.9 Å². The zero-order valence-corrected chi connectivity index (χ0v) is 12.0. The summed E-state index contributed by atoms with van der Waals surface area (Å²) in [6.45, 7) is 0. The quantitative estimate of drug-likeness (QED) is 0.645. The van der Waals surface area contributed by atoms with E-state index in [1.807, 2.05) is 6.07 Å². The fourth-order valence-electron chi connectivity index (χ4n) is 2.26. The standard InChI is InChI=1S/C17H13N3O3/c18-16(22)14-6-5-10(9-19-14)17(23)20-13-7-8-15(21)12-4-2-1-3-11(12)13/h1-9,21H,(H2,18,22)(H,20,23).